The quantitative estimate of drug-likeness (QED) is 0.193. The van der Waals surface area contributed by atoms with E-state index in [-0.39, 0.29) is 53.6 Å². The molecule has 0 unspecified atom stereocenters. The predicted molar refractivity (Wildman–Crippen MR) is 166 cm³/mol. The molecule has 0 aromatic heterocycles. The summed E-state index contributed by atoms with van der Waals surface area (Å²) in [4.78, 5) is 40.9. The molecule has 0 bridgehead atoms. The lowest BCUT2D eigenvalue weighted by molar-refractivity contribution is -0.137. The van der Waals surface area contributed by atoms with Crippen LogP contribution in [0.25, 0.3) is 0 Å². The number of ketones is 2. The van der Waals surface area contributed by atoms with Crippen LogP contribution >= 0.6 is 0 Å². The highest BCUT2D eigenvalue weighted by Crippen LogP contribution is 2.53. The average molecular weight is 575 g/mol. The normalized spacial score (nSPS) is 23.5. The van der Waals surface area contributed by atoms with Gasteiger partial charge in [-0.2, -0.15) is 0 Å². The van der Waals surface area contributed by atoms with Crippen molar-refractivity contribution in [1.82, 2.24) is 0 Å². The zero-order valence-corrected chi connectivity index (χ0v) is 26.1. The minimum absolute atomic E-state index is 0.0247. The van der Waals surface area contributed by atoms with Crippen LogP contribution in [-0.2, 0) is 19.1 Å². The molecule has 1 aromatic rings. The van der Waals surface area contributed by atoms with Gasteiger partial charge in [-0.05, 0) is 78.7 Å². The molecule has 1 aliphatic carbocycles. The maximum absolute atomic E-state index is 14.7. The number of rotatable bonds is 12. The van der Waals surface area contributed by atoms with E-state index in [9.17, 15) is 24.6 Å². The summed E-state index contributed by atoms with van der Waals surface area (Å²) in [5, 5.41) is 22.4. The van der Waals surface area contributed by atoms with Crippen LogP contribution in [0.4, 0.5) is 0 Å². The van der Waals surface area contributed by atoms with Gasteiger partial charge in [-0.3, -0.25) is 14.4 Å². The number of carboxylic acids is 1. The Bertz CT molecular complexity index is 1350. The first-order chi connectivity index (χ1) is 19.7. The van der Waals surface area contributed by atoms with Crippen molar-refractivity contribution in [2.24, 2.45) is 17.3 Å². The van der Waals surface area contributed by atoms with Crippen molar-refractivity contribution in [2.75, 3.05) is 0 Å². The summed E-state index contributed by atoms with van der Waals surface area (Å²) in [6, 6.07) is 9.05. The monoisotopic (exact) mass is 574 g/mol. The molecule has 0 fully saturated rings. The lowest BCUT2D eigenvalue weighted by atomic mass is 9.61. The van der Waals surface area contributed by atoms with Crippen LogP contribution in [-0.4, -0.2) is 33.9 Å². The third kappa shape index (κ3) is 7.03. The summed E-state index contributed by atoms with van der Waals surface area (Å²) >= 11 is 0. The van der Waals surface area contributed by atoms with Gasteiger partial charge in [-0.15, -0.1) is 6.58 Å². The third-order valence-electron chi connectivity index (χ3n) is 8.42. The molecule has 42 heavy (non-hydrogen) atoms. The van der Waals surface area contributed by atoms with E-state index < -0.39 is 35.1 Å². The van der Waals surface area contributed by atoms with Gasteiger partial charge in [-0.1, -0.05) is 66.1 Å². The molecule has 0 spiro atoms. The second-order valence-electron chi connectivity index (χ2n) is 12.6. The number of carbonyl (C=O) groups is 3. The second-order valence-corrected chi connectivity index (χ2v) is 12.6. The van der Waals surface area contributed by atoms with Gasteiger partial charge >= 0.3 is 5.97 Å². The van der Waals surface area contributed by atoms with Gasteiger partial charge in [0.2, 0.25) is 0 Å². The minimum Gasteiger partial charge on any atom is -0.511 e. The molecule has 3 rings (SSSR count). The molecule has 0 saturated heterocycles. The van der Waals surface area contributed by atoms with Crippen molar-refractivity contribution in [3.05, 3.63) is 94.0 Å². The number of Topliss-reactive ketones (excluding diaryl/α,β-unsaturated/α-hetero) is 2. The number of aliphatic hydroxyl groups is 1. The minimum atomic E-state index is -1.47. The molecule has 6 nitrogen and oxygen atoms in total. The number of carbonyl (C=O) groups excluding carboxylic acids is 2. The topological polar surface area (TPSA) is 101 Å². The highest BCUT2D eigenvalue weighted by molar-refractivity contribution is 6.25. The molecular weight excluding hydrogens is 528 g/mol. The van der Waals surface area contributed by atoms with Crippen molar-refractivity contribution in [2.45, 2.75) is 92.6 Å². The van der Waals surface area contributed by atoms with Crippen LogP contribution in [0.2, 0.25) is 0 Å². The average Bonchev–Trinajstić information content (AvgIpc) is 2.91. The molecule has 6 heteroatoms. The fourth-order valence-electron chi connectivity index (χ4n) is 6.03. The largest absolute Gasteiger partial charge is 0.511 e. The first-order valence-electron chi connectivity index (χ1n) is 14.8. The van der Waals surface area contributed by atoms with E-state index in [2.05, 4.69) is 12.7 Å². The molecule has 0 radical (unpaired) electrons. The zero-order chi connectivity index (χ0) is 31.4. The van der Waals surface area contributed by atoms with E-state index in [4.69, 9.17) is 4.74 Å². The van der Waals surface area contributed by atoms with Crippen LogP contribution in [0.5, 0.6) is 0 Å². The summed E-state index contributed by atoms with van der Waals surface area (Å²) in [7, 11) is 0. The Hall–Kier alpha value is -3.67. The first kappa shape index (κ1) is 32.8. The number of aliphatic hydroxyl groups excluding tert-OH is 1. The fourth-order valence-corrected chi connectivity index (χ4v) is 6.03. The Morgan fingerprint density at radius 1 is 1.07 bits per heavy atom. The number of ether oxygens (including phenoxy) is 1. The molecule has 1 heterocycles. The molecular formula is C36H46O6. The van der Waals surface area contributed by atoms with Crippen LogP contribution in [0.1, 0.15) is 92.1 Å². The number of hydrogen-bond acceptors (Lipinski definition) is 5. The second kappa shape index (κ2) is 13.5. The number of carboxylic acid groups (broad SMARTS) is 1. The molecule has 1 aromatic carbocycles. The highest BCUT2D eigenvalue weighted by Gasteiger charge is 2.55. The Morgan fingerprint density at radius 3 is 2.26 bits per heavy atom. The Kier molecular flexibility index (Phi) is 10.6. The van der Waals surface area contributed by atoms with Gasteiger partial charge < -0.3 is 14.9 Å². The maximum Gasteiger partial charge on any atom is 0.304 e. The van der Waals surface area contributed by atoms with Gasteiger partial charge in [0.05, 0.1) is 17.8 Å². The fraction of sp³-hybridized carbons (Fsp3) is 0.472. The van der Waals surface area contributed by atoms with Crippen molar-refractivity contribution < 1.29 is 29.3 Å². The lowest BCUT2D eigenvalue weighted by Gasteiger charge is -2.43. The molecule has 226 valence electrons. The molecule has 0 amide bonds. The maximum atomic E-state index is 14.7. The number of allylic oxidation sites excluding steroid dienone is 8. The number of benzene rings is 1. The van der Waals surface area contributed by atoms with E-state index in [1.165, 1.54) is 0 Å². The van der Waals surface area contributed by atoms with E-state index in [1.54, 1.807) is 26.0 Å². The summed E-state index contributed by atoms with van der Waals surface area (Å²) < 4.78 is 6.27. The van der Waals surface area contributed by atoms with Crippen LogP contribution in [0.3, 0.4) is 0 Å². The van der Waals surface area contributed by atoms with E-state index >= 15 is 0 Å². The van der Waals surface area contributed by atoms with Gasteiger partial charge in [0.1, 0.15) is 23.2 Å². The Balaban J connectivity index is 2.42. The van der Waals surface area contributed by atoms with Gasteiger partial charge in [0.25, 0.3) is 0 Å². The van der Waals surface area contributed by atoms with E-state index in [1.807, 2.05) is 58.9 Å². The number of hydrogen-bond donors (Lipinski definition) is 2. The highest BCUT2D eigenvalue weighted by atomic mass is 16.5. The summed E-state index contributed by atoms with van der Waals surface area (Å²) in [6.45, 7) is 17.4. The van der Waals surface area contributed by atoms with Crippen LogP contribution < -0.4 is 0 Å². The predicted octanol–water partition coefficient (Wildman–Crippen LogP) is 8.19. The first-order valence-corrected chi connectivity index (χ1v) is 14.8. The zero-order valence-electron chi connectivity index (χ0n) is 26.1. The number of aliphatic carboxylic acids is 1. The molecule has 2 aliphatic rings. The summed E-state index contributed by atoms with van der Waals surface area (Å²) in [5.41, 5.74) is 2.42. The van der Waals surface area contributed by atoms with Gasteiger partial charge in [0.15, 0.2) is 11.6 Å². The Labute approximate surface area is 250 Å². The van der Waals surface area contributed by atoms with Crippen molar-refractivity contribution in [1.29, 1.82) is 0 Å². The molecule has 0 saturated carbocycles. The van der Waals surface area contributed by atoms with Gasteiger partial charge in [-0.25, -0.2) is 0 Å². The van der Waals surface area contributed by atoms with E-state index in [0.29, 0.717) is 12.0 Å². The standard InChI is InChI=1S/C36H46O6/c1-21(2)14-15-26(18-23(5)6)20-36(17-16-22(3)4)34(40)30(28(19-29(37)38)27-12-10-9-11-13-27)33-31(35(36)41)32(39)24(7)25(8)42-33/h9-13,16,18,24-26,28,40H,1,14-15,17,19-20H2,2-8H3,(H,37,38)/t24-,25-,26+,28-,36-/m1/s1. The van der Waals surface area contributed by atoms with Crippen LogP contribution in [0.15, 0.2) is 88.4 Å². The van der Waals surface area contributed by atoms with Crippen molar-refractivity contribution >= 4 is 17.5 Å². The lowest BCUT2D eigenvalue weighted by Crippen LogP contribution is -2.47. The summed E-state index contributed by atoms with van der Waals surface area (Å²) in [6.07, 6.45) is 5.04. The molecule has 5 atom stereocenters. The molecule has 1 aliphatic heterocycles. The summed E-state index contributed by atoms with van der Waals surface area (Å²) in [5.74, 6) is -3.52. The SMILES string of the molecule is C=C(C)CC[C@@H](C=C(C)C)C[C@@]1(CC=C(C)C)C(=O)C2=C(O[C@H](C)[C@@H](C)C2=O)C([C@H](CC(=O)O)c2ccccc2)=C1O. The third-order valence-corrected chi connectivity index (χ3v) is 8.42. The van der Waals surface area contributed by atoms with Crippen molar-refractivity contribution in [3.8, 4) is 0 Å². The van der Waals surface area contributed by atoms with Crippen LogP contribution in [0, 0.1) is 17.3 Å². The van der Waals surface area contributed by atoms with E-state index in [0.717, 1.165) is 23.1 Å². The smallest absolute Gasteiger partial charge is 0.304 e. The van der Waals surface area contributed by atoms with Crippen molar-refractivity contribution in [3.63, 3.8) is 0 Å². The molecule has 2 N–H and O–H groups in total. The van der Waals surface area contributed by atoms with Gasteiger partial charge in [0, 0.05) is 11.5 Å². The Morgan fingerprint density at radius 2 is 1.71 bits per heavy atom.